The van der Waals surface area contributed by atoms with Crippen LogP contribution >= 0.6 is 0 Å². The Kier molecular flexibility index (Phi) is 4.94. The van der Waals surface area contributed by atoms with Gasteiger partial charge in [0.15, 0.2) is 5.82 Å². The molecule has 6 heterocycles. The molecule has 1 fully saturated rings. The molecule has 0 radical (unpaired) electrons. The first-order valence-corrected chi connectivity index (χ1v) is 13.0. The number of nitrogens with one attached hydrogen (secondary N) is 1. The molecule has 3 aliphatic heterocycles. The minimum atomic E-state index is 0.310. The summed E-state index contributed by atoms with van der Waals surface area (Å²) in [7, 11) is 0. The first-order chi connectivity index (χ1) is 17.6. The Balaban J connectivity index is 1.27. The SMILES string of the molecule is CC1CCc2ncc(Nc3nc(N)n(-c4cc(-c5ccccc5)c5c(n4)C4CCN5CC4)n3)cc2C1. The second kappa shape index (κ2) is 8.33. The van der Waals surface area contributed by atoms with Crippen LogP contribution in [-0.4, -0.2) is 37.8 Å². The van der Waals surface area contributed by atoms with Crippen molar-refractivity contribution in [3.05, 3.63) is 65.6 Å². The van der Waals surface area contributed by atoms with E-state index in [4.69, 9.17) is 15.8 Å². The smallest absolute Gasteiger partial charge is 0.248 e. The Morgan fingerprint density at radius 2 is 1.86 bits per heavy atom. The largest absolute Gasteiger partial charge is 0.370 e. The lowest BCUT2D eigenvalue weighted by atomic mass is 9.84. The predicted molar refractivity (Wildman–Crippen MR) is 142 cm³/mol. The normalized spacial score (nSPS) is 18.7. The highest BCUT2D eigenvalue weighted by atomic mass is 15.4. The Hall–Kier alpha value is -3.94. The number of anilines is 4. The number of hydrogen-bond acceptors (Lipinski definition) is 7. The summed E-state index contributed by atoms with van der Waals surface area (Å²) in [5.74, 6) is 2.62. The molecule has 0 spiro atoms. The maximum atomic E-state index is 6.38. The highest BCUT2D eigenvalue weighted by Crippen LogP contribution is 2.46. The van der Waals surface area contributed by atoms with Gasteiger partial charge in [-0.15, -0.1) is 5.10 Å². The van der Waals surface area contributed by atoms with Gasteiger partial charge in [0.25, 0.3) is 0 Å². The number of rotatable bonds is 4. The first-order valence-electron chi connectivity index (χ1n) is 13.0. The fourth-order valence-corrected chi connectivity index (χ4v) is 6.03. The number of hydrogen-bond donors (Lipinski definition) is 2. The summed E-state index contributed by atoms with van der Waals surface area (Å²) in [6.45, 7) is 4.47. The molecule has 8 rings (SSSR count). The van der Waals surface area contributed by atoms with E-state index in [1.54, 1.807) is 4.68 Å². The molecule has 0 amide bonds. The summed E-state index contributed by atoms with van der Waals surface area (Å²) < 4.78 is 1.65. The summed E-state index contributed by atoms with van der Waals surface area (Å²) in [4.78, 5) is 16.8. The zero-order valence-electron chi connectivity index (χ0n) is 20.5. The van der Waals surface area contributed by atoms with E-state index in [0.29, 0.717) is 29.6 Å². The molecule has 1 aliphatic carbocycles. The van der Waals surface area contributed by atoms with E-state index in [1.165, 1.54) is 34.5 Å². The Morgan fingerprint density at radius 1 is 1.03 bits per heavy atom. The van der Waals surface area contributed by atoms with E-state index in [1.807, 2.05) is 12.3 Å². The molecule has 36 heavy (non-hydrogen) atoms. The lowest BCUT2D eigenvalue weighted by Gasteiger charge is -2.42. The van der Waals surface area contributed by atoms with Gasteiger partial charge in [-0.2, -0.15) is 9.67 Å². The first kappa shape index (κ1) is 21.4. The van der Waals surface area contributed by atoms with Crippen molar-refractivity contribution in [1.82, 2.24) is 24.7 Å². The maximum absolute atomic E-state index is 6.38. The number of piperidine rings is 1. The molecule has 182 valence electrons. The average molecular weight is 479 g/mol. The van der Waals surface area contributed by atoms with Crippen molar-refractivity contribution >= 4 is 23.3 Å². The van der Waals surface area contributed by atoms with Gasteiger partial charge in [0.1, 0.15) is 0 Å². The summed E-state index contributed by atoms with van der Waals surface area (Å²) in [5.41, 5.74) is 14.5. The van der Waals surface area contributed by atoms with Crippen molar-refractivity contribution < 1.29 is 0 Å². The second-order valence-corrected chi connectivity index (χ2v) is 10.4. The topological polar surface area (TPSA) is 97.8 Å². The van der Waals surface area contributed by atoms with Crippen LogP contribution in [0.3, 0.4) is 0 Å². The van der Waals surface area contributed by atoms with Crippen LogP contribution < -0.4 is 16.0 Å². The molecule has 8 heteroatoms. The van der Waals surface area contributed by atoms with Gasteiger partial charge in [-0.05, 0) is 61.3 Å². The molecule has 1 saturated heterocycles. The van der Waals surface area contributed by atoms with Gasteiger partial charge in [0.2, 0.25) is 11.9 Å². The van der Waals surface area contributed by atoms with Gasteiger partial charge < -0.3 is 16.0 Å². The fourth-order valence-electron chi connectivity index (χ4n) is 6.03. The molecule has 1 unspecified atom stereocenters. The Bertz CT molecular complexity index is 1440. The van der Waals surface area contributed by atoms with Crippen LogP contribution in [0.25, 0.3) is 16.9 Å². The quantitative estimate of drug-likeness (QED) is 0.432. The van der Waals surface area contributed by atoms with Gasteiger partial charge >= 0.3 is 0 Å². The van der Waals surface area contributed by atoms with Gasteiger partial charge in [-0.1, -0.05) is 37.3 Å². The summed E-state index contributed by atoms with van der Waals surface area (Å²) in [6.07, 6.45) is 7.45. The van der Waals surface area contributed by atoms with E-state index in [-0.39, 0.29) is 0 Å². The van der Waals surface area contributed by atoms with Crippen molar-refractivity contribution in [2.45, 2.75) is 44.9 Å². The zero-order chi connectivity index (χ0) is 24.2. The van der Waals surface area contributed by atoms with Crippen molar-refractivity contribution in [2.24, 2.45) is 5.92 Å². The van der Waals surface area contributed by atoms with E-state index in [9.17, 15) is 0 Å². The average Bonchev–Trinajstić information content (AvgIpc) is 3.28. The molecule has 0 saturated carbocycles. The summed E-state index contributed by atoms with van der Waals surface area (Å²) >= 11 is 0. The van der Waals surface area contributed by atoms with E-state index < -0.39 is 0 Å². The van der Waals surface area contributed by atoms with Crippen LogP contribution in [0, 0.1) is 5.92 Å². The lowest BCUT2D eigenvalue weighted by molar-refractivity contribution is 0.463. The number of benzene rings is 1. The molecule has 1 atom stereocenters. The third kappa shape index (κ3) is 3.59. The fraction of sp³-hybridized carbons (Fsp3) is 0.357. The highest BCUT2D eigenvalue weighted by molar-refractivity contribution is 5.83. The minimum absolute atomic E-state index is 0.310. The predicted octanol–water partition coefficient (Wildman–Crippen LogP) is 4.87. The monoisotopic (exact) mass is 478 g/mol. The molecule has 1 aromatic carbocycles. The van der Waals surface area contributed by atoms with Gasteiger partial charge in [-0.25, -0.2) is 4.98 Å². The van der Waals surface area contributed by atoms with Crippen molar-refractivity contribution in [1.29, 1.82) is 0 Å². The van der Waals surface area contributed by atoms with Gasteiger partial charge in [0.05, 0.1) is 23.3 Å². The van der Waals surface area contributed by atoms with Crippen molar-refractivity contribution in [3.63, 3.8) is 0 Å². The number of aryl methyl sites for hydroxylation is 1. The molecule has 4 aromatic rings. The van der Waals surface area contributed by atoms with Gasteiger partial charge in [0, 0.05) is 30.3 Å². The molecular weight excluding hydrogens is 448 g/mol. The number of aromatic nitrogens is 5. The number of fused-ring (bicyclic) bond motifs is 3. The van der Waals surface area contributed by atoms with E-state index in [0.717, 1.165) is 50.2 Å². The molecular formula is C28H30N8. The zero-order valence-corrected chi connectivity index (χ0v) is 20.5. The van der Waals surface area contributed by atoms with E-state index in [2.05, 4.69) is 63.5 Å². The molecule has 3 aromatic heterocycles. The van der Waals surface area contributed by atoms with Crippen LogP contribution in [0.2, 0.25) is 0 Å². The van der Waals surface area contributed by atoms with Crippen molar-refractivity contribution in [2.75, 3.05) is 29.0 Å². The van der Waals surface area contributed by atoms with Crippen LogP contribution in [-0.2, 0) is 12.8 Å². The van der Waals surface area contributed by atoms with Crippen LogP contribution in [0.5, 0.6) is 0 Å². The van der Waals surface area contributed by atoms with Crippen LogP contribution in [0.15, 0.2) is 48.7 Å². The highest BCUT2D eigenvalue weighted by Gasteiger charge is 2.35. The number of nitrogens with zero attached hydrogens (tertiary/aromatic N) is 6. The summed E-state index contributed by atoms with van der Waals surface area (Å²) in [6, 6.07) is 14.8. The minimum Gasteiger partial charge on any atom is -0.370 e. The number of nitrogen functional groups attached to an aromatic ring is 1. The molecule has 3 N–H and O–H groups in total. The summed E-state index contributed by atoms with van der Waals surface area (Å²) in [5, 5.41) is 8.03. The van der Waals surface area contributed by atoms with Crippen LogP contribution in [0.4, 0.5) is 23.3 Å². The standard InChI is InChI=1S/C28H30N8/c1-17-7-8-23-20(13-17)14-21(16-30-23)31-28-33-27(29)36(34-28)24-15-22(18-5-3-2-4-6-18)26-25(32-24)19-9-11-35(26)12-10-19/h2-6,14-17,19H,7-13H2,1H3,(H3,29,31,33,34). The maximum Gasteiger partial charge on any atom is 0.248 e. The van der Waals surface area contributed by atoms with Gasteiger partial charge in [-0.3, -0.25) is 4.98 Å². The molecule has 2 bridgehead atoms. The second-order valence-electron chi connectivity index (χ2n) is 10.4. The van der Waals surface area contributed by atoms with E-state index >= 15 is 0 Å². The van der Waals surface area contributed by atoms with Crippen molar-refractivity contribution in [3.8, 4) is 16.9 Å². The molecule has 8 nitrogen and oxygen atoms in total. The number of nitrogens with two attached hydrogens (primary N) is 1. The lowest BCUT2D eigenvalue weighted by Crippen LogP contribution is -2.40. The third-order valence-corrected chi connectivity index (χ3v) is 7.90. The number of pyridine rings is 2. The third-order valence-electron chi connectivity index (χ3n) is 7.90. The Labute approximate surface area is 210 Å². The van der Waals surface area contributed by atoms with Crippen LogP contribution in [0.1, 0.15) is 49.1 Å². The Morgan fingerprint density at radius 3 is 2.69 bits per heavy atom. The molecule has 4 aliphatic rings.